The van der Waals surface area contributed by atoms with E-state index in [9.17, 15) is 14.4 Å². The van der Waals surface area contributed by atoms with E-state index in [4.69, 9.17) is 5.11 Å². The van der Waals surface area contributed by atoms with Crippen LogP contribution in [0.5, 0.6) is 0 Å². The molecule has 7 nitrogen and oxygen atoms in total. The van der Waals surface area contributed by atoms with Crippen molar-refractivity contribution in [2.75, 3.05) is 26.7 Å². The first-order chi connectivity index (χ1) is 9.81. The average Bonchev–Trinajstić information content (AvgIpc) is 2.82. The highest BCUT2D eigenvalue weighted by Crippen LogP contribution is 2.21. The Labute approximate surface area is 125 Å². The van der Waals surface area contributed by atoms with Crippen molar-refractivity contribution < 1.29 is 19.5 Å². The summed E-state index contributed by atoms with van der Waals surface area (Å²) in [5.41, 5.74) is 0. The molecule has 0 aromatic rings. The lowest BCUT2D eigenvalue weighted by Gasteiger charge is -2.28. The number of carbonyl (C=O) groups excluding carboxylic acids is 2. The molecule has 0 spiro atoms. The van der Waals surface area contributed by atoms with Crippen molar-refractivity contribution in [1.82, 2.24) is 15.1 Å². The Hall–Kier alpha value is -1.79. The number of carboxylic acid groups (broad SMARTS) is 1. The lowest BCUT2D eigenvalue weighted by Crippen LogP contribution is -2.47. The average molecular weight is 299 g/mol. The van der Waals surface area contributed by atoms with E-state index < -0.39 is 5.97 Å². The molecule has 21 heavy (non-hydrogen) atoms. The maximum Gasteiger partial charge on any atom is 0.320 e. The molecule has 1 aliphatic rings. The Balaban J connectivity index is 2.49. The van der Waals surface area contributed by atoms with Gasteiger partial charge in [-0.2, -0.15) is 0 Å². The van der Waals surface area contributed by atoms with E-state index in [-0.39, 0.29) is 30.9 Å². The Bertz CT molecular complexity index is 398. The highest BCUT2D eigenvalue weighted by atomic mass is 16.4. The van der Waals surface area contributed by atoms with Crippen LogP contribution < -0.4 is 5.32 Å². The number of nitrogens with one attached hydrogen (secondary N) is 1. The molecule has 1 atom stereocenters. The maximum atomic E-state index is 12.3. The summed E-state index contributed by atoms with van der Waals surface area (Å²) < 4.78 is 0. The molecule has 0 aromatic carbocycles. The van der Waals surface area contributed by atoms with Crippen molar-refractivity contribution in [3.8, 4) is 0 Å². The van der Waals surface area contributed by atoms with E-state index >= 15 is 0 Å². The minimum Gasteiger partial charge on any atom is -0.481 e. The van der Waals surface area contributed by atoms with Gasteiger partial charge < -0.3 is 20.2 Å². The van der Waals surface area contributed by atoms with Crippen LogP contribution in [-0.4, -0.2) is 65.5 Å². The van der Waals surface area contributed by atoms with E-state index in [0.717, 1.165) is 6.42 Å². The van der Waals surface area contributed by atoms with Crippen molar-refractivity contribution in [2.24, 2.45) is 5.92 Å². The van der Waals surface area contributed by atoms with Gasteiger partial charge in [-0.05, 0) is 18.8 Å². The Morgan fingerprint density at radius 3 is 2.62 bits per heavy atom. The van der Waals surface area contributed by atoms with E-state index in [1.54, 1.807) is 11.9 Å². The van der Waals surface area contributed by atoms with Crippen molar-refractivity contribution in [3.63, 3.8) is 0 Å². The van der Waals surface area contributed by atoms with Crippen LogP contribution in [-0.2, 0) is 9.59 Å². The summed E-state index contributed by atoms with van der Waals surface area (Å²) >= 11 is 0. The van der Waals surface area contributed by atoms with Gasteiger partial charge in [0.15, 0.2) is 0 Å². The normalized spacial score (nSPS) is 17.9. The molecule has 1 aliphatic heterocycles. The lowest BCUT2D eigenvalue weighted by molar-refractivity contribution is -0.138. The molecule has 7 heteroatoms. The zero-order valence-electron chi connectivity index (χ0n) is 13.0. The summed E-state index contributed by atoms with van der Waals surface area (Å²) in [6.45, 7) is 5.11. The third kappa shape index (κ3) is 5.61. The molecule has 3 amide bonds. The molecule has 1 rings (SSSR count). The van der Waals surface area contributed by atoms with Gasteiger partial charge in [0, 0.05) is 26.2 Å². The third-order valence-corrected chi connectivity index (χ3v) is 3.45. The van der Waals surface area contributed by atoms with Gasteiger partial charge in [-0.3, -0.25) is 9.59 Å². The maximum absolute atomic E-state index is 12.3. The fourth-order valence-electron chi connectivity index (χ4n) is 2.38. The summed E-state index contributed by atoms with van der Waals surface area (Å²) in [5, 5.41) is 11.6. The third-order valence-electron chi connectivity index (χ3n) is 3.45. The largest absolute Gasteiger partial charge is 0.481 e. The fraction of sp³-hybridized carbons (Fsp3) is 0.786. The molecule has 1 fully saturated rings. The predicted molar refractivity (Wildman–Crippen MR) is 77.9 cm³/mol. The number of nitrogens with zero attached hydrogens (tertiary/aromatic N) is 2. The molecule has 0 radical (unpaired) electrons. The van der Waals surface area contributed by atoms with Gasteiger partial charge in [0.25, 0.3) is 0 Å². The van der Waals surface area contributed by atoms with Crippen LogP contribution in [0.25, 0.3) is 0 Å². The number of hydrogen-bond donors (Lipinski definition) is 2. The number of carboxylic acids is 1. The highest BCUT2D eigenvalue weighted by molar-refractivity contribution is 5.84. The summed E-state index contributed by atoms with van der Waals surface area (Å²) in [6, 6.07) is -0.547. The molecule has 1 heterocycles. The number of likely N-dealkylation sites (tertiary alicyclic amines) is 1. The minimum absolute atomic E-state index is 0.0121. The predicted octanol–water partition coefficient (Wildman–Crippen LogP) is 0.750. The van der Waals surface area contributed by atoms with Crippen molar-refractivity contribution in [3.05, 3.63) is 0 Å². The van der Waals surface area contributed by atoms with Crippen molar-refractivity contribution >= 4 is 17.9 Å². The first kappa shape index (κ1) is 17.3. The topological polar surface area (TPSA) is 90.0 Å². The number of aliphatic carboxylic acids is 1. The molecule has 120 valence electrons. The summed E-state index contributed by atoms with van der Waals surface area (Å²) in [6.07, 6.45) is 1.46. The van der Waals surface area contributed by atoms with Crippen LogP contribution in [0.15, 0.2) is 0 Å². The van der Waals surface area contributed by atoms with Crippen LogP contribution in [0, 0.1) is 5.92 Å². The molecule has 0 aromatic heterocycles. The smallest absolute Gasteiger partial charge is 0.320 e. The summed E-state index contributed by atoms with van der Waals surface area (Å²) in [4.78, 5) is 37.7. The zero-order valence-corrected chi connectivity index (χ0v) is 13.0. The second-order valence-electron chi connectivity index (χ2n) is 5.92. The molecule has 1 unspecified atom stereocenters. The Kier molecular flexibility index (Phi) is 6.45. The zero-order chi connectivity index (χ0) is 16.0. The van der Waals surface area contributed by atoms with Crippen LogP contribution >= 0.6 is 0 Å². The number of rotatable bonds is 6. The van der Waals surface area contributed by atoms with Crippen LogP contribution in [0.1, 0.15) is 33.1 Å². The lowest BCUT2D eigenvalue weighted by atomic mass is 10.1. The van der Waals surface area contributed by atoms with Crippen LogP contribution in [0.3, 0.4) is 0 Å². The van der Waals surface area contributed by atoms with E-state index in [1.807, 2.05) is 13.8 Å². The molecule has 0 aliphatic carbocycles. The number of urea groups is 1. The van der Waals surface area contributed by atoms with Gasteiger partial charge in [0.2, 0.25) is 5.91 Å². The number of hydrogen-bond acceptors (Lipinski definition) is 3. The fourth-order valence-corrected chi connectivity index (χ4v) is 2.38. The van der Waals surface area contributed by atoms with Gasteiger partial charge in [-0.15, -0.1) is 0 Å². The number of carbonyl (C=O) groups is 3. The van der Waals surface area contributed by atoms with Gasteiger partial charge >= 0.3 is 12.0 Å². The molecule has 0 saturated carbocycles. The summed E-state index contributed by atoms with van der Waals surface area (Å²) in [5.74, 6) is -0.751. The van der Waals surface area contributed by atoms with E-state index in [2.05, 4.69) is 5.32 Å². The molecular formula is C14H25N3O4. The molecule has 1 saturated heterocycles. The van der Waals surface area contributed by atoms with Crippen LogP contribution in [0.4, 0.5) is 4.79 Å². The Morgan fingerprint density at radius 2 is 2.05 bits per heavy atom. The quantitative estimate of drug-likeness (QED) is 0.757. The van der Waals surface area contributed by atoms with E-state index in [0.29, 0.717) is 25.4 Å². The van der Waals surface area contributed by atoms with Crippen LogP contribution in [0.2, 0.25) is 0 Å². The van der Waals surface area contributed by atoms with E-state index in [1.165, 1.54) is 4.90 Å². The first-order valence-corrected chi connectivity index (χ1v) is 7.31. The second kappa shape index (κ2) is 7.85. The first-order valence-electron chi connectivity index (χ1n) is 7.31. The summed E-state index contributed by atoms with van der Waals surface area (Å²) in [7, 11) is 1.56. The highest BCUT2D eigenvalue weighted by Gasteiger charge is 2.32. The van der Waals surface area contributed by atoms with Crippen molar-refractivity contribution in [1.29, 1.82) is 0 Å². The number of likely N-dealkylation sites (N-methyl/N-ethyl adjacent to an activating group) is 1. The van der Waals surface area contributed by atoms with Gasteiger partial charge in [-0.1, -0.05) is 13.8 Å². The van der Waals surface area contributed by atoms with Gasteiger partial charge in [0.05, 0.1) is 6.42 Å². The second-order valence-corrected chi connectivity index (χ2v) is 5.92. The molecule has 2 N–H and O–H groups in total. The van der Waals surface area contributed by atoms with Gasteiger partial charge in [0.1, 0.15) is 6.54 Å². The Morgan fingerprint density at radius 1 is 1.38 bits per heavy atom. The van der Waals surface area contributed by atoms with Gasteiger partial charge in [-0.25, -0.2) is 4.79 Å². The molecular weight excluding hydrogens is 274 g/mol. The minimum atomic E-state index is -0.906. The number of amides is 3. The monoisotopic (exact) mass is 299 g/mol. The SMILES string of the molecule is CC(C)CNC(=O)CN(C)C(=O)N1CCCC1CC(=O)O. The van der Waals surface area contributed by atoms with Crippen molar-refractivity contribution in [2.45, 2.75) is 39.2 Å². The standard InChI is InChI=1S/C14H25N3O4/c1-10(2)8-15-12(18)9-16(3)14(21)17-6-4-5-11(17)7-13(19)20/h10-11H,4-9H2,1-3H3,(H,15,18)(H,19,20). The molecule has 0 bridgehead atoms.